The van der Waals surface area contributed by atoms with Crippen molar-refractivity contribution >= 4 is 11.9 Å². The van der Waals surface area contributed by atoms with Crippen molar-refractivity contribution in [3.8, 4) is 0 Å². The molecule has 2 saturated heterocycles. The van der Waals surface area contributed by atoms with Crippen LogP contribution in [0.3, 0.4) is 0 Å². The predicted octanol–water partition coefficient (Wildman–Crippen LogP) is 1.25. The Balaban J connectivity index is 1.64. The number of ether oxygens (including phenoxy) is 1. The molecule has 1 aromatic rings. The van der Waals surface area contributed by atoms with Crippen molar-refractivity contribution in [2.75, 3.05) is 32.8 Å². The van der Waals surface area contributed by atoms with Crippen LogP contribution in [0.25, 0.3) is 0 Å². The number of carbonyl (C=O) groups is 2. The number of carbonyl (C=O) groups excluding carboxylic acids is 2. The zero-order valence-corrected chi connectivity index (χ0v) is 13.9. The van der Waals surface area contributed by atoms with E-state index < -0.39 is 0 Å². The lowest BCUT2D eigenvalue weighted by Gasteiger charge is -2.38. The number of likely N-dealkylation sites (tertiary alicyclic amines) is 1. The molecule has 0 aliphatic carbocycles. The maximum Gasteiger partial charge on any atom is 0.317 e. The van der Waals surface area contributed by atoms with Crippen molar-refractivity contribution in [1.29, 1.82) is 0 Å². The fraction of sp³-hybridized carbons (Fsp3) is 0.556. The molecule has 1 atom stereocenters. The number of nitrogens with zero attached hydrogens (tertiary/aromatic N) is 1. The number of primary amides is 1. The molecule has 24 heavy (non-hydrogen) atoms. The highest BCUT2D eigenvalue weighted by Gasteiger charge is 2.36. The summed E-state index contributed by atoms with van der Waals surface area (Å²) in [6.45, 7) is 3.00. The number of hydrogen-bond donors (Lipinski definition) is 2. The average Bonchev–Trinajstić information content (AvgIpc) is 3.12. The van der Waals surface area contributed by atoms with Gasteiger partial charge in [0.25, 0.3) is 0 Å². The summed E-state index contributed by atoms with van der Waals surface area (Å²) >= 11 is 0. The molecular weight excluding hydrogens is 306 g/mol. The van der Waals surface area contributed by atoms with Gasteiger partial charge in [0, 0.05) is 38.3 Å². The topological polar surface area (TPSA) is 84.7 Å². The maximum absolute atomic E-state index is 12.5. The first-order valence-corrected chi connectivity index (χ1v) is 8.56. The second-order valence-corrected chi connectivity index (χ2v) is 6.75. The van der Waals surface area contributed by atoms with E-state index in [4.69, 9.17) is 10.5 Å². The molecule has 1 aromatic carbocycles. The lowest BCUT2D eigenvalue weighted by Crippen LogP contribution is -2.48. The van der Waals surface area contributed by atoms with Gasteiger partial charge in [0.15, 0.2) is 0 Å². The van der Waals surface area contributed by atoms with Crippen molar-refractivity contribution in [1.82, 2.24) is 10.2 Å². The first-order chi connectivity index (χ1) is 11.6. The van der Waals surface area contributed by atoms with E-state index >= 15 is 0 Å². The molecule has 0 unspecified atom stereocenters. The van der Waals surface area contributed by atoms with Crippen LogP contribution in [-0.4, -0.2) is 49.7 Å². The third-order valence-corrected chi connectivity index (χ3v) is 5.29. The van der Waals surface area contributed by atoms with Crippen LogP contribution in [0.4, 0.5) is 4.79 Å². The van der Waals surface area contributed by atoms with Crippen LogP contribution in [0.15, 0.2) is 30.3 Å². The van der Waals surface area contributed by atoms with Gasteiger partial charge in [-0.05, 0) is 24.8 Å². The Morgan fingerprint density at radius 3 is 2.58 bits per heavy atom. The summed E-state index contributed by atoms with van der Waals surface area (Å²) in [7, 11) is 0. The van der Waals surface area contributed by atoms with E-state index in [1.807, 2.05) is 18.2 Å². The minimum absolute atomic E-state index is 0.0853. The summed E-state index contributed by atoms with van der Waals surface area (Å²) in [6.07, 6.45) is 2.43. The SMILES string of the molecule is NC(=O)[C@H]1CCN(C(=O)NCC2(c3ccccc3)CCOCC2)C1. The van der Waals surface area contributed by atoms with Crippen molar-refractivity contribution in [2.45, 2.75) is 24.7 Å². The molecule has 0 aromatic heterocycles. The van der Waals surface area contributed by atoms with Crippen LogP contribution in [0.5, 0.6) is 0 Å². The van der Waals surface area contributed by atoms with E-state index in [1.165, 1.54) is 5.56 Å². The van der Waals surface area contributed by atoms with Gasteiger partial charge in [0.05, 0.1) is 5.92 Å². The third-order valence-electron chi connectivity index (χ3n) is 5.29. The molecule has 3 rings (SSSR count). The van der Waals surface area contributed by atoms with Gasteiger partial charge in [-0.25, -0.2) is 4.79 Å². The predicted molar refractivity (Wildman–Crippen MR) is 90.4 cm³/mol. The lowest BCUT2D eigenvalue weighted by atomic mass is 9.74. The Hall–Kier alpha value is -2.08. The quantitative estimate of drug-likeness (QED) is 0.871. The molecule has 3 N–H and O–H groups in total. The van der Waals surface area contributed by atoms with Gasteiger partial charge in [-0.3, -0.25) is 4.79 Å². The fourth-order valence-electron chi connectivity index (χ4n) is 3.65. The minimum atomic E-state index is -0.324. The molecule has 2 aliphatic rings. The number of rotatable bonds is 4. The molecule has 0 spiro atoms. The Morgan fingerprint density at radius 1 is 1.25 bits per heavy atom. The van der Waals surface area contributed by atoms with Gasteiger partial charge in [0.2, 0.25) is 5.91 Å². The number of urea groups is 1. The fourth-order valence-corrected chi connectivity index (χ4v) is 3.65. The average molecular weight is 331 g/mol. The summed E-state index contributed by atoms with van der Waals surface area (Å²) in [5.74, 6) is -0.544. The molecule has 0 radical (unpaired) electrons. The van der Waals surface area contributed by atoms with Crippen LogP contribution in [-0.2, 0) is 14.9 Å². The summed E-state index contributed by atoms with van der Waals surface area (Å²) in [4.78, 5) is 25.4. The van der Waals surface area contributed by atoms with E-state index in [0.717, 1.165) is 12.8 Å². The van der Waals surface area contributed by atoms with Gasteiger partial charge in [-0.2, -0.15) is 0 Å². The summed E-state index contributed by atoms with van der Waals surface area (Å²) in [6, 6.07) is 10.2. The Morgan fingerprint density at radius 2 is 1.96 bits per heavy atom. The molecule has 2 heterocycles. The van der Waals surface area contributed by atoms with E-state index in [1.54, 1.807) is 4.90 Å². The van der Waals surface area contributed by atoms with Gasteiger partial charge in [-0.15, -0.1) is 0 Å². The smallest absolute Gasteiger partial charge is 0.317 e. The van der Waals surface area contributed by atoms with Crippen LogP contribution >= 0.6 is 0 Å². The molecule has 3 amide bonds. The number of amides is 3. The molecule has 130 valence electrons. The molecule has 6 heteroatoms. The maximum atomic E-state index is 12.5. The second kappa shape index (κ2) is 7.21. The molecule has 2 aliphatic heterocycles. The van der Waals surface area contributed by atoms with E-state index in [-0.39, 0.29) is 23.3 Å². The minimum Gasteiger partial charge on any atom is -0.381 e. The van der Waals surface area contributed by atoms with Crippen molar-refractivity contribution in [2.24, 2.45) is 11.7 Å². The molecular formula is C18H25N3O3. The van der Waals surface area contributed by atoms with Gasteiger partial charge >= 0.3 is 6.03 Å². The first kappa shape index (κ1) is 16.8. The number of hydrogen-bond acceptors (Lipinski definition) is 3. The number of benzene rings is 1. The summed E-state index contributed by atoms with van der Waals surface area (Å²) < 4.78 is 5.52. The summed E-state index contributed by atoms with van der Waals surface area (Å²) in [5.41, 5.74) is 6.49. The second-order valence-electron chi connectivity index (χ2n) is 6.75. The van der Waals surface area contributed by atoms with Gasteiger partial charge in [0.1, 0.15) is 0 Å². The van der Waals surface area contributed by atoms with Crippen LogP contribution < -0.4 is 11.1 Å². The highest BCUT2D eigenvalue weighted by atomic mass is 16.5. The highest BCUT2D eigenvalue weighted by molar-refractivity contribution is 5.80. The Kier molecular flexibility index (Phi) is 5.04. The van der Waals surface area contributed by atoms with E-state index in [9.17, 15) is 9.59 Å². The Labute approximate surface area is 142 Å². The molecule has 6 nitrogen and oxygen atoms in total. The van der Waals surface area contributed by atoms with Crippen molar-refractivity contribution in [3.05, 3.63) is 35.9 Å². The standard InChI is InChI=1S/C18H25N3O3/c19-16(22)14-6-9-21(12-14)17(23)20-13-18(7-10-24-11-8-18)15-4-2-1-3-5-15/h1-5,14H,6-13H2,(H2,19,22)(H,20,23)/t14-/m0/s1. The molecule has 0 bridgehead atoms. The number of nitrogens with one attached hydrogen (secondary N) is 1. The van der Waals surface area contributed by atoms with Crippen molar-refractivity contribution in [3.63, 3.8) is 0 Å². The van der Waals surface area contributed by atoms with E-state index in [2.05, 4.69) is 17.4 Å². The number of nitrogens with two attached hydrogens (primary N) is 1. The monoisotopic (exact) mass is 331 g/mol. The Bertz CT molecular complexity index is 584. The normalized spacial score (nSPS) is 23.0. The zero-order chi connectivity index (χ0) is 17.0. The van der Waals surface area contributed by atoms with Gasteiger partial charge < -0.3 is 20.7 Å². The van der Waals surface area contributed by atoms with Crippen LogP contribution in [0.1, 0.15) is 24.8 Å². The van der Waals surface area contributed by atoms with Gasteiger partial charge in [-0.1, -0.05) is 30.3 Å². The first-order valence-electron chi connectivity index (χ1n) is 8.56. The summed E-state index contributed by atoms with van der Waals surface area (Å²) in [5, 5.41) is 3.07. The molecule has 2 fully saturated rings. The van der Waals surface area contributed by atoms with E-state index in [0.29, 0.717) is 39.3 Å². The third kappa shape index (κ3) is 3.53. The lowest BCUT2D eigenvalue weighted by molar-refractivity contribution is -0.121. The zero-order valence-electron chi connectivity index (χ0n) is 13.9. The van der Waals surface area contributed by atoms with Crippen LogP contribution in [0.2, 0.25) is 0 Å². The molecule has 0 saturated carbocycles. The van der Waals surface area contributed by atoms with Crippen molar-refractivity contribution < 1.29 is 14.3 Å². The largest absolute Gasteiger partial charge is 0.381 e. The van der Waals surface area contributed by atoms with Crippen LogP contribution in [0, 0.1) is 5.92 Å². The highest BCUT2D eigenvalue weighted by Crippen LogP contribution is 2.34.